The van der Waals surface area contributed by atoms with Crippen molar-refractivity contribution in [3.8, 4) is 0 Å². The fraction of sp³-hybridized carbons (Fsp3) is 0.0500. The Balaban J connectivity index is 0.000000321. The predicted molar refractivity (Wildman–Crippen MR) is 102 cm³/mol. The molecule has 3 aromatic rings. The van der Waals surface area contributed by atoms with E-state index in [2.05, 4.69) is 9.97 Å². The number of H-pyrrole nitrogens is 1. The third kappa shape index (κ3) is 6.43. The number of aromatic amines is 1. The second kappa shape index (κ2) is 9.60. The summed E-state index contributed by atoms with van der Waals surface area (Å²) in [6.07, 6.45) is 1.06. The highest BCUT2D eigenvalue weighted by molar-refractivity contribution is 6.07. The summed E-state index contributed by atoms with van der Waals surface area (Å²) >= 11 is 0. The zero-order valence-corrected chi connectivity index (χ0v) is 14.9. The quantitative estimate of drug-likeness (QED) is 0.364. The molecule has 0 aliphatic rings. The lowest BCUT2D eigenvalue weighted by Gasteiger charge is -1.96. The van der Waals surface area contributed by atoms with Crippen molar-refractivity contribution in [3.63, 3.8) is 0 Å². The molecule has 0 aliphatic heterocycles. The third-order valence-corrected chi connectivity index (χ3v) is 3.52. The molecule has 29 heavy (non-hydrogen) atoms. The van der Waals surface area contributed by atoms with E-state index in [0.29, 0.717) is 34.3 Å². The Hall–Kier alpha value is -4.27. The smallest absolute Gasteiger partial charge is 0.328 e. The highest BCUT2D eigenvalue weighted by atomic mass is 16.4. The first-order chi connectivity index (χ1) is 13.8. The van der Waals surface area contributed by atoms with Crippen LogP contribution in [0.1, 0.15) is 21.7 Å². The van der Waals surface area contributed by atoms with Gasteiger partial charge in [0.05, 0.1) is 17.5 Å². The Labute approximate surface area is 163 Å². The summed E-state index contributed by atoms with van der Waals surface area (Å²) in [6, 6.07) is 14.0. The maximum absolute atomic E-state index is 12.3. The molecular formula is C20H16N2O7. The van der Waals surface area contributed by atoms with E-state index in [4.69, 9.17) is 15.3 Å². The Kier molecular flexibility index (Phi) is 6.97. The molecule has 0 bridgehead atoms. The zero-order chi connectivity index (χ0) is 21.4. The number of carbonyl (C=O) groups is 4. The lowest BCUT2D eigenvalue weighted by molar-refractivity contribution is -0.136. The van der Waals surface area contributed by atoms with E-state index < -0.39 is 17.9 Å². The van der Waals surface area contributed by atoms with Crippen LogP contribution in [0.3, 0.4) is 0 Å². The van der Waals surface area contributed by atoms with Gasteiger partial charge in [-0.2, -0.15) is 0 Å². The molecule has 0 saturated heterocycles. The van der Waals surface area contributed by atoms with E-state index in [1.165, 1.54) is 0 Å². The number of hydrogen-bond acceptors (Lipinski definition) is 5. The molecule has 1 aromatic heterocycles. The van der Waals surface area contributed by atoms with E-state index in [-0.39, 0.29) is 18.0 Å². The minimum Gasteiger partial charge on any atom is -0.481 e. The minimum atomic E-state index is -1.26. The number of carboxylic acid groups (broad SMARTS) is 3. The second-order valence-corrected chi connectivity index (χ2v) is 5.71. The molecule has 0 radical (unpaired) electrons. The average Bonchev–Trinajstić information content (AvgIpc) is 3.10. The largest absolute Gasteiger partial charge is 0.481 e. The maximum Gasteiger partial charge on any atom is 0.328 e. The summed E-state index contributed by atoms with van der Waals surface area (Å²) in [4.78, 5) is 49.3. The summed E-state index contributed by atoms with van der Waals surface area (Å²) in [6.45, 7) is 0. The Morgan fingerprint density at radius 3 is 2.07 bits per heavy atom. The maximum atomic E-state index is 12.3. The van der Waals surface area contributed by atoms with Gasteiger partial charge >= 0.3 is 17.9 Å². The lowest BCUT2D eigenvalue weighted by atomic mass is 10.1. The van der Waals surface area contributed by atoms with Crippen molar-refractivity contribution in [2.75, 3.05) is 0 Å². The molecular weight excluding hydrogens is 380 g/mol. The molecule has 3 rings (SSSR count). The van der Waals surface area contributed by atoms with Crippen LogP contribution in [0.4, 0.5) is 0 Å². The van der Waals surface area contributed by atoms with Crippen LogP contribution in [0.5, 0.6) is 0 Å². The normalized spacial score (nSPS) is 10.3. The van der Waals surface area contributed by atoms with Crippen molar-refractivity contribution in [2.45, 2.75) is 6.42 Å². The van der Waals surface area contributed by atoms with Crippen LogP contribution in [-0.4, -0.2) is 49.0 Å². The number of imidazole rings is 1. The van der Waals surface area contributed by atoms with Gasteiger partial charge in [-0.15, -0.1) is 0 Å². The van der Waals surface area contributed by atoms with Gasteiger partial charge in [0.2, 0.25) is 5.78 Å². The molecule has 0 atom stereocenters. The van der Waals surface area contributed by atoms with Gasteiger partial charge in [0.1, 0.15) is 0 Å². The number of carbonyl (C=O) groups excluding carboxylic acids is 1. The molecule has 148 valence electrons. The third-order valence-electron chi connectivity index (χ3n) is 3.52. The lowest BCUT2D eigenvalue weighted by Crippen LogP contribution is -2.02. The molecule has 0 fully saturated rings. The van der Waals surface area contributed by atoms with Gasteiger partial charge in [-0.25, -0.2) is 14.6 Å². The number of nitrogens with zero attached hydrogens (tertiary/aromatic N) is 1. The van der Waals surface area contributed by atoms with Gasteiger partial charge in [0.25, 0.3) is 0 Å². The van der Waals surface area contributed by atoms with E-state index in [9.17, 15) is 19.2 Å². The first kappa shape index (κ1) is 21.0. The predicted octanol–water partition coefficient (Wildman–Crippen LogP) is 2.13. The summed E-state index contributed by atoms with van der Waals surface area (Å²) in [7, 11) is 0. The summed E-state index contributed by atoms with van der Waals surface area (Å²) in [5.74, 6) is -3.34. The second-order valence-electron chi connectivity index (χ2n) is 5.71. The first-order valence-electron chi connectivity index (χ1n) is 8.20. The first-order valence-corrected chi connectivity index (χ1v) is 8.20. The summed E-state index contributed by atoms with van der Waals surface area (Å²) in [5, 5.41) is 24.4. The molecule has 0 amide bonds. The number of carboxylic acids is 3. The van der Waals surface area contributed by atoms with E-state index in [1.54, 1.807) is 42.5 Å². The Bertz CT molecular complexity index is 1070. The molecule has 9 nitrogen and oxygen atoms in total. The van der Waals surface area contributed by atoms with Crippen molar-refractivity contribution in [2.24, 2.45) is 0 Å². The van der Waals surface area contributed by atoms with Crippen LogP contribution in [0.2, 0.25) is 0 Å². The highest BCUT2D eigenvalue weighted by Gasteiger charge is 2.14. The summed E-state index contributed by atoms with van der Waals surface area (Å²) < 4.78 is 0. The van der Waals surface area contributed by atoms with Crippen molar-refractivity contribution >= 4 is 34.7 Å². The van der Waals surface area contributed by atoms with Crippen molar-refractivity contribution < 1.29 is 34.5 Å². The number of fused-ring (bicyclic) bond motifs is 1. The number of ketones is 1. The van der Waals surface area contributed by atoms with Crippen LogP contribution in [0.15, 0.2) is 60.7 Å². The molecule has 2 aromatic carbocycles. The van der Waals surface area contributed by atoms with Crippen molar-refractivity contribution in [1.82, 2.24) is 9.97 Å². The SMILES string of the molecule is O=C(O)C=CC(=O)O.O=C(O)Cc1ccc2nc(C(=O)c3ccccc3)[nH]c2c1. The van der Waals surface area contributed by atoms with Crippen LogP contribution in [0, 0.1) is 0 Å². The number of hydrogen-bond donors (Lipinski definition) is 4. The number of aromatic nitrogens is 2. The molecule has 1 heterocycles. The standard InChI is InChI=1S/C16H12N2O3.C4H4O4/c19-14(20)9-10-6-7-12-13(8-10)18-16(17-12)15(21)11-4-2-1-3-5-11;5-3(6)1-2-4(7)8/h1-8H,9H2,(H,17,18)(H,19,20);1-2H,(H,5,6)(H,7,8). The molecule has 0 aliphatic carbocycles. The fourth-order valence-corrected chi connectivity index (χ4v) is 2.32. The Morgan fingerprint density at radius 2 is 1.52 bits per heavy atom. The van der Waals surface area contributed by atoms with Gasteiger partial charge in [-0.1, -0.05) is 36.4 Å². The van der Waals surface area contributed by atoms with Crippen LogP contribution in [0.25, 0.3) is 11.0 Å². The van der Waals surface area contributed by atoms with Crippen LogP contribution >= 0.6 is 0 Å². The van der Waals surface area contributed by atoms with Gasteiger partial charge in [0, 0.05) is 17.7 Å². The van der Waals surface area contributed by atoms with Gasteiger partial charge in [-0.3, -0.25) is 9.59 Å². The fourth-order valence-electron chi connectivity index (χ4n) is 2.32. The van der Waals surface area contributed by atoms with E-state index >= 15 is 0 Å². The monoisotopic (exact) mass is 396 g/mol. The van der Waals surface area contributed by atoms with Gasteiger partial charge < -0.3 is 20.3 Å². The van der Waals surface area contributed by atoms with Gasteiger partial charge in [0.15, 0.2) is 5.82 Å². The van der Waals surface area contributed by atoms with Crippen LogP contribution in [-0.2, 0) is 20.8 Å². The minimum absolute atomic E-state index is 0.0586. The average molecular weight is 396 g/mol. The van der Waals surface area contributed by atoms with E-state index in [0.717, 1.165) is 0 Å². The molecule has 0 unspecified atom stereocenters. The number of rotatable bonds is 6. The van der Waals surface area contributed by atoms with Crippen molar-refractivity contribution in [3.05, 3.63) is 77.6 Å². The highest BCUT2D eigenvalue weighted by Crippen LogP contribution is 2.16. The van der Waals surface area contributed by atoms with Gasteiger partial charge in [-0.05, 0) is 17.7 Å². The molecule has 4 N–H and O–H groups in total. The topological polar surface area (TPSA) is 158 Å². The Morgan fingerprint density at radius 1 is 0.897 bits per heavy atom. The zero-order valence-electron chi connectivity index (χ0n) is 14.9. The van der Waals surface area contributed by atoms with Crippen LogP contribution < -0.4 is 0 Å². The molecule has 9 heteroatoms. The molecule has 0 saturated carbocycles. The summed E-state index contributed by atoms with van der Waals surface area (Å²) in [5.41, 5.74) is 2.52. The number of nitrogens with one attached hydrogen (secondary N) is 1. The molecule has 0 spiro atoms. The van der Waals surface area contributed by atoms with E-state index in [1.807, 2.05) is 6.07 Å². The number of benzene rings is 2. The number of aliphatic carboxylic acids is 3. The van der Waals surface area contributed by atoms with Crippen molar-refractivity contribution in [1.29, 1.82) is 0 Å².